The summed E-state index contributed by atoms with van der Waals surface area (Å²) in [5.74, 6) is 1.92. The van der Waals surface area contributed by atoms with Crippen molar-refractivity contribution >= 4 is 0 Å². The van der Waals surface area contributed by atoms with E-state index in [1.165, 1.54) is 58.0 Å². The summed E-state index contributed by atoms with van der Waals surface area (Å²) in [5.41, 5.74) is 0.597. The highest BCUT2D eigenvalue weighted by molar-refractivity contribution is 4.85. The van der Waals surface area contributed by atoms with Crippen molar-refractivity contribution in [2.24, 2.45) is 17.3 Å². The zero-order chi connectivity index (χ0) is 12.7. The minimum atomic E-state index is 0.597. The highest BCUT2D eigenvalue weighted by Gasteiger charge is 2.33. The number of hydrogen-bond acceptors (Lipinski definition) is 1. The Morgan fingerprint density at radius 3 is 2.53 bits per heavy atom. The highest BCUT2D eigenvalue weighted by Crippen LogP contribution is 2.43. The lowest BCUT2D eigenvalue weighted by Gasteiger charge is -2.41. The maximum atomic E-state index is 3.64. The van der Waals surface area contributed by atoms with E-state index in [0.717, 1.165) is 11.8 Å². The number of rotatable bonds is 7. The van der Waals surface area contributed by atoms with E-state index in [2.05, 4.69) is 33.0 Å². The van der Waals surface area contributed by atoms with E-state index in [4.69, 9.17) is 0 Å². The van der Waals surface area contributed by atoms with Crippen LogP contribution in [0.25, 0.3) is 0 Å². The maximum Gasteiger partial charge on any atom is -0.00179 e. The van der Waals surface area contributed by atoms with Gasteiger partial charge >= 0.3 is 0 Å². The minimum Gasteiger partial charge on any atom is -0.316 e. The Bertz CT molecular complexity index is 198. The highest BCUT2D eigenvalue weighted by atomic mass is 14.9. The van der Waals surface area contributed by atoms with E-state index >= 15 is 0 Å². The van der Waals surface area contributed by atoms with Gasteiger partial charge in [0, 0.05) is 0 Å². The van der Waals surface area contributed by atoms with Crippen molar-refractivity contribution in [1.82, 2.24) is 5.32 Å². The molecule has 0 aromatic rings. The second kappa shape index (κ2) is 7.41. The van der Waals surface area contributed by atoms with E-state index in [0.29, 0.717) is 5.41 Å². The SMILES string of the molecule is CCCCC1CC(C)(C)CCC1CNCCC. The predicted octanol–water partition coefficient (Wildman–Crippen LogP) is 4.62. The Morgan fingerprint density at radius 2 is 1.88 bits per heavy atom. The molecule has 1 rings (SSSR count). The first-order chi connectivity index (χ1) is 8.09. The first-order valence-corrected chi connectivity index (χ1v) is 7.79. The topological polar surface area (TPSA) is 12.0 Å². The molecule has 0 aromatic heterocycles. The zero-order valence-electron chi connectivity index (χ0n) is 12.5. The summed E-state index contributed by atoms with van der Waals surface area (Å²) in [6.45, 7) is 12.0. The third kappa shape index (κ3) is 5.42. The van der Waals surface area contributed by atoms with Gasteiger partial charge in [-0.15, -0.1) is 0 Å². The summed E-state index contributed by atoms with van der Waals surface area (Å²) in [6.07, 6.45) is 9.81. The van der Waals surface area contributed by atoms with Gasteiger partial charge in [-0.3, -0.25) is 0 Å². The van der Waals surface area contributed by atoms with E-state index < -0.39 is 0 Å². The molecule has 102 valence electrons. The molecule has 1 aliphatic rings. The monoisotopic (exact) mass is 239 g/mol. The number of nitrogens with one attached hydrogen (secondary N) is 1. The summed E-state index contributed by atoms with van der Waals surface area (Å²) >= 11 is 0. The molecule has 1 nitrogen and oxygen atoms in total. The predicted molar refractivity (Wildman–Crippen MR) is 77.3 cm³/mol. The van der Waals surface area contributed by atoms with Gasteiger partial charge < -0.3 is 5.32 Å². The lowest BCUT2D eigenvalue weighted by Crippen LogP contribution is -2.36. The molecule has 0 spiro atoms. The fourth-order valence-electron chi connectivity index (χ4n) is 3.33. The molecule has 0 aliphatic heterocycles. The van der Waals surface area contributed by atoms with Gasteiger partial charge in [0.15, 0.2) is 0 Å². The molecule has 1 saturated carbocycles. The third-order valence-corrected chi connectivity index (χ3v) is 4.44. The second-order valence-corrected chi connectivity index (χ2v) is 6.77. The van der Waals surface area contributed by atoms with Crippen LogP contribution in [0.3, 0.4) is 0 Å². The van der Waals surface area contributed by atoms with Crippen LogP contribution in [0.15, 0.2) is 0 Å². The van der Waals surface area contributed by atoms with Crippen molar-refractivity contribution in [3.8, 4) is 0 Å². The summed E-state index contributed by atoms with van der Waals surface area (Å²) in [5, 5.41) is 3.64. The fourth-order valence-corrected chi connectivity index (χ4v) is 3.33. The fraction of sp³-hybridized carbons (Fsp3) is 1.00. The van der Waals surface area contributed by atoms with Gasteiger partial charge in [-0.1, -0.05) is 47.0 Å². The Labute approximate surface area is 109 Å². The average Bonchev–Trinajstić information content (AvgIpc) is 2.28. The van der Waals surface area contributed by atoms with Crippen molar-refractivity contribution in [3.05, 3.63) is 0 Å². The lowest BCUT2D eigenvalue weighted by molar-refractivity contribution is 0.108. The van der Waals surface area contributed by atoms with Crippen molar-refractivity contribution in [2.75, 3.05) is 13.1 Å². The molecule has 0 aromatic carbocycles. The quantitative estimate of drug-likeness (QED) is 0.639. The summed E-state index contributed by atoms with van der Waals surface area (Å²) in [4.78, 5) is 0. The second-order valence-electron chi connectivity index (χ2n) is 6.77. The molecule has 2 atom stereocenters. The molecule has 1 heteroatoms. The molecule has 0 radical (unpaired) electrons. The van der Waals surface area contributed by atoms with Crippen LogP contribution in [0.2, 0.25) is 0 Å². The van der Waals surface area contributed by atoms with Crippen LogP contribution >= 0.6 is 0 Å². The summed E-state index contributed by atoms with van der Waals surface area (Å²) in [6, 6.07) is 0. The smallest absolute Gasteiger partial charge is 0.00179 e. The van der Waals surface area contributed by atoms with Crippen LogP contribution < -0.4 is 5.32 Å². The Morgan fingerprint density at radius 1 is 1.12 bits per heavy atom. The molecule has 0 saturated heterocycles. The van der Waals surface area contributed by atoms with Crippen LogP contribution in [0.5, 0.6) is 0 Å². The summed E-state index contributed by atoms with van der Waals surface area (Å²) in [7, 11) is 0. The average molecular weight is 239 g/mol. The van der Waals surface area contributed by atoms with Gasteiger partial charge in [0.1, 0.15) is 0 Å². The summed E-state index contributed by atoms with van der Waals surface area (Å²) < 4.78 is 0. The van der Waals surface area contributed by atoms with Gasteiger partial charge in [0.2, 0.25) is 0 Å². The Balaban J connectivity index is 2.42. The Hall–Kier alpha value is -0.0400. The normalized spacial score (nSPS) is 28.2. The van der Waals surface area contributed by atoms with Crippen molar-refractivity contribution in [3.63, 3.8) is 0 Å². The molecular formula is C16H33N. The van der Waals surface area contributed by atoms with Crippen molar-refractivity contribution in [2.45, 2.75) is 72.6 Å². The standard InChI is InChI=1S/C16H33N/c1-5-7-8-14-12-16(3,4)10-9-15(14)13-17-11-6-2/h14-15,17H,5-13H2,1-4H3. The van der Waals surface area contributed by atoms with Gasteiger partial charge in [-0.2, -0.15) is 0 Å². The van der Waals surface area contributed by atoms with Crippen LogP contribution in [-0.2, 0) is 0 Å². The maximum absolute atomic E-state index is 3.64. The zero-order valence-corrected chi connectivity index (χ0v) is 12.5. The first-order valence-electron chi connectivity index (χ1n) is 7.79. The molecule has 0 amide bonds. The van der Waals surface area contributed by atoms with Gasteiger partial charge in [0.25, 0.3) is 0 Å². The van der Waals surface area contributed by atoms with E-state index in [-0.39, 0.29) is 0 Å². The van der Waals surface area contributed by atoms with Crippen LogP contribution in [0, 0.1) is 17.3 Å². The van der Waals surface area contributed by atoms with E-state index in [1.54, 1.807) is 0 Å². The molecule has 1 N–H and O–H groups in total. The third-order valence-electron chi connectivity index (χ3n) is 4.44. The van der Waals surface area contributed by atoms with Crippen LogP contribution in [-0.4, -0.2) is 13.1 Å². The van der Waals surface area contributed by atoms with E-state index in [1.807, 2.05) is 0 Å². The van der Waals surface area contributed by atoms with Gasteiger partial charge in [-0.05, 0) is 56.0 Å². The van der Waals surface area contributed by atoms with Crippen LogP contribution in [0.1, 0.15) is 72.6 Å². The Kier molecular flexibility index (Phi) is 6.54. The molecule has 1 aliphatic carbocycles. The number of hydrogen-bond donors (Lipinski definition) is 1. The molecule has 0 bridgehead atoms. The van der Waals surface area contributed by atoms with Crippen LogP contribution in [0.4, 0.5) is 0 Å². The van der Waals surface area contributed by atoms with Gasteiger partial charge in [-0.25, -0.2) is 0 Å². The molecule has 17 heavy (non-hydrogen) atoms. The van der Waals surface area contributed by atoms with Crippen molar-refractivity contribution in [1.29, 1.82) is 0 Å². The van der Waals surface area contributed by atoms with Crippen molar-refractivity contribution < 1.29 is 0 Å². The molecule has 0 heterocycles. The van der Waals surface area contributed by atoms with Gasteiger partial charge in [0.05, 0.1) is 0 Å². The lowest BCUT2D eigenvalue weighted by atomic mass is 9.66. The first kappa shape index (κ1) is 15.0. The number of unbranched alkanes of at least 4 members (excludes halogenated alkanes) is 1. The molecule has 1 fully saturated rings. The molecule has 2 unspecified atom stereocenters. The minimum absolute atomic E-state index is 0.597. The largest absolute Gasteiger partial charge is 0.316 e. The molecular weight excluding hydrogens is 206 g/mol. The van der Waals surface area contributed by atoms with E-state index in [9.17, 15) is 0 Å².